The van der Waals surface area contributed by atoms with Crippen molar-refractivity contribution in [1.29, 1.82) is 0 Å². The Labute approximate surface area is 169 Å². The Hall–Kier alpha value is -2.85. The fraction of sp³-hybridized carbons (Fsp3) is 0.722. The molecule has 0 rings (SSSR count). The van der Waals surface area contributed by atoms with E-state index in [0.29, 0.717) is 25.8 Å². The number of hydrogen-bond donors (Lipinski definition) is 6. The van der Waals surface area contributed by atoms with E-state index in [1.807, 2.05) is 20.8 Å². The zero-order valence-electron chi connectivity index (χ0n) is 17.0. The smallest absolute Gasteiger partial charge is 0.326 e. The molecule has 11 heteroatoms. The molecule has 0 radical (unpaired) electrons. The van der Waals surface area contributed by atoms with Crippen molar-refractivity contribution in [2.24, 2.45) is 5.41 Å². The summed E-state index contributed by atoms with van der Waals surface area (Å²) in [5, 5.41) is 33.9. The maximum absolute atomic E-state index is 11.9. The summed E-state index contributed by atoms with van der Waals surface area (Å²) in [5.41, 5.74) is -0.482. The second kappa shape index (κ2) is 12.6. The topological polar surface area (TPSA) is 182 Å². The number of carbonyl (C=O) groups is 5. The fourth-order valence-electron chi connectivity index (χ4n) is 2.22. The zero-order chi connectivity index (χ0) is 22.6. The highest BCUT2D eigenvalue weighted by Crippen LogP contribution is 2.19. The molecule has 0 aromatic rings. The number of urea groups is 1. The van der Waals surface area contributed by atoms with E-state index in [1.165, 1.54) is 0 Å². The van der Waals surface area contributed by atoms with Gasteiger partial charge in [0, 0.05) is 18.4 Å². The van der Waals surface area contributed by atoms with Crippen LogP contribution in [0.15, 0.2) is 0 Å². The fourth-order valence-corrected chi connectivity index (χ4v) is 2.22. The van der Waals surface area contributed by atoms with Crippen LogP contribution in [-0.4, -0.2) is 63.8 Å². The van der Waals surface area contributed by atoms with Crippen LogP contribution in [0.5, 0.6) is 0 Å². The van der Waals surface area contributed by atoms with Gasteiger partial charge in [-0.3, -0.25) is 9.59 Å². The van der Waals surface area contributed by atoms with E-state index in [2.05, 4.69) is 16.0 Å². The lowest BCUT2D eigenvalue weighted by Gasteiger charge is -2.21. The first-order chi connectivity index (χ1) is 13.4. The zero-order valence-corrected chi connectivity index (χ0v) is 17.0. The highest BCUT2D eigenvalue weighted by molar-refractivity contribution is 5.86. The molecule has 0 saturated carbocycles. The molecular weight excluding hydrogens is 386 g/mol. The third-order valence-corrected chi connectivity index (χ3v) is 4.56. The summed E-state index contributed by atoms with van der Waals surface area (Å²) >= 11 is 0. The van der Waals surface area contributed by atoms with E-state index in [-0.39, 0.29) is 18.7 Å². The number of unbranched alkanes of at least 4 members (excludes halogenated alkanes) is 1. The first kappa shape index (κ1) is 26.1. The van der Waals surface area contributed by atoms with Crippen molar-refractivity contribution in [1.82, 2.24) is 16.0 Å². The Morgan fingerprint density at radius 3 is 1.83 bits per heavy atom. The number of carboxylic acid groups (broad SMARTS) is 3. The molecule has 2 atom stereocenters. The van der Waals surface area contributed by atoms with Crippen molar-refractivity contribution in [3.63, 3.8) is 0 Å². The summed E-state index contributed by atoms with van der Waals surface area (Å²) < 4.78 is 0. The summed E-state index contributed by atoms with van der Waals surface area (Å²) in [5.74, 6) is -4.00. The van der Waals surface area contributed by atoms with E-state index >= 15 is 0 Å². The predicted molar refractivity (Wildman–Crippen MR) is 102 cm³/mol. The minimum absolute atomic E-state index is 0.0860. The molecule has 166 valence electrons. The molecule has 0 aromatic carbocycles. The van der Waals surface area contributed by atoms with Crippen LogP contribution in [0, 0.1) is 5.41 Å². The van der Waals surface area contributed by atoms with E-state index in [0.717, 1.165) is 0 Å². The van der Waals surface area contributed by atoms with Gasteiger partial charge >= 0.3 is 23.9 Å². The summed E-state index contributed by atoms with van der Waals surface area (Å²) in [4.78, 5) is 56.7. The van der Waals surface area contributed by atoms with Crippen LogP contribution in [0.1, 0.15) is 59.3 Å². The van der Waals surface area contributed by atoms with Crippen LogP contribution in [0.2, 0.25) is 0 Å². The summed E-state index contributed by atoms with van der Waals surface area (Å²) in [7, 11) is 0. The molecule has 0 fully saturated rings. The van der Waals surface area contributed by atoms with E-state index < -0.39 is 47.9 Å². The number of carbonyl (C=O) groups excluding carboxylic acids is 2. The molecule has 0 aliphatic carbocycles. The number of nitrogens with one attached hydrogen (secondary N) is 3. The van der Waals surface area contributed by atoms with Gasteiger partial charge in [0.1, 0.15) is 12.1 Å². The number of carboxylic acids is 3. The standard InChI is InChI=1S/C18H31N3O8/c1-4-18(2,3)16(28)19-10-6-5-7-11(14(24)25)20-17(29)21-12(15(26)27)8-9-13(22)23/h11-12H,4-10H2,1-3H3,(H,19,28)(H,22,23)(H,24,25)(H,26,27)(H2,20,21,29). The van der Waals surface area contributed by atoms with Gasteiger partial charge < -0.3 is 31.3 Å². The van der Waals surface area contributed by atoms with E-state index in [1.54, 1.807) is 0 Å². The van der Waals surface area contributed by atoms with Crippen LogP contribution >= 0.6 is 0 Å². The van der Waals surface area contributed by atoms with Gasteiger partial charge in [0.15, 0.2) is 0 Å². The Morgan fingerprint density at radius 2 is 1.38 bits per heavy atom. The molecule has 3 amide bonds. The van der Waals surface area contributed by atoms with Gasteiger partial charge in [-0.05, 0) is 32.1 Å². The highest BCUT2D eigenvalue weighted by Gasteiger charge is 2.26. The van der Waals surface area contributed by atoms with Crippen LogP contribution in [0.4, 0.5) is 4.79 Å². The Balaban J connectivity index is 4.45. The minimum atomic E-state index is -1.45. The van der Waals surface area contributed by atoms with Crippen molar-refractivity contribution in [2.45, 2.75) is 71.4 Å². The van der Waals surface area contributed by atoms with Gasteiger partial charge in [0.25, 0.3) is 0 Å². The van der Waals surface area contributed by atoms with Crippen LogP contribution in [-0.2, 0) is 19.2 Å². The monoisotopic (exact) mass is 417 g/mol. The predicted octanol–water partition coefficient (Wildman–Crippen LogP) is 0.780. The van der Waals surface area contributed by atoms with Crippen LogP contribution in [0.25, 0.3) is 0 Å². The SMILES string of the molecule is CCC(C)(C)C(=O)NCCCCC(NC(=O)NC(CCC(=O)O)C(=O)O)C(=O)O. The third-order valence-electron chi connectivity index (χ3n) is 4.56. The number of rotatable bonds is 14. The molecule has 0 bridgehead atoms. The maximum atomic E-state index is 11.9. The normalized spacial score (nSPS) is 13.1. The molecule has 11 nitrogen and oxygen atoms in total. The Morgan fingerprint density at radius 1 is 0.862 bits per heavy atom. The molecule has 0 aromatic heterocycles. The van der Waals surface area contributed by atoms with Gasteiger partial charge in [-0.15, -0.1) is 0 Å². The lowest BCUT2D eigenvalue weighted by Crippen LogP contribution is -2.51. The second-order valence-corrected chi connectivity index (χ2v) is 7.32. The van der Waals surface area contributed by atoms with Crippen molar-refractivity contribution >= 4 is 29.8 Å². The maximum Gasteiger partial charge on any atom is 0.326 e. The quantitative estimate of drug-likeness (QED) is 0.224. The van der Waals surface area contributed by atoms with Gasteiger partial charge in [0.05, 0.1) is 0 Å². The lowest BCUT2D eigenvalue weighted by molar-refractivity contribution is -0.140. The Kier molecular flexibility index (Phi) is 11.3. The van der Waals surface area contributed by atoms with Crippen molar-refractivity contribution in [2.75, 3.05) is 6.54 Å². The molecule has 2 unspecified atom stereocenters. The first-order valence-corrected chi connectivity index (χ1v) is 9.43. The van der Waals surface area contributed by atoms with Gasteiger partial charge in [0.2, 0.25) is 5.91 Å². The number of aliphatic carboxylic acids is 3. The van der Waals surface area contributed by atoms with E-state index in [9.17, 15) is 29.1 Å². The molecule has 0 saturated heterocycles. The molecular formula is C18H31N3O8. The molecule has 6 N–H and O–H groups in total. The van der Waals surface area contributed by atoms with E-state index in [4.69, 9.17) is 10.2 Å². The van der Waals surface area contributed by atoms with Crippen LogP contribution in [0.3, 0.4) is 0 Å². The average molecular weight is 417 g/mol. The molecule has 29 heavy (non-hydrogen) atoms. The number of amides is 3. The van der Waals surface area contributed by atoms with Crippen molar-refractivity contribution in [3.8, 4) is 0 Å². The summed E-state index contributed by atoms with van der Waals surface area (Å²) in [6, 6.07) is -3.70. The lowest BCUT2D eigenvalue weighted by atomic mass is 9.89. The summed E-state index contributed by atoms with van der Waals surface area (Å²) in [6.07, 6.45) is 0.898. The third kappa shape index (κ3) is 10.9. The molecule has 0 aliphatic heterocycles. The molecule has 0 heterocycles. The van der Waals surface area contributed by atoms with Gasteiger partial charge in [-0.2, -0.15) is 0 Å². The van der Waals surface area contributed by atoms with Gasteiger partial charge in [-0.1, -0.05) is 20.8 Å². The molecule has 0 aliphatic rings. The van der Waals surface area contributed by atoms with Crippen molar-refractivity contribution < 1.29 is 39.3 Å². The number of hydrogen-bond acceptors (Lipinski definition) is 5. The summed E-state index contributed by atoms with van der Waals surface area (Å²) in [6.45, 7) is 5.93. The first-order valence-electron chi connectivity index (χ1n) is 9.43. The van der Waals surface area contributed by atoms with Gasteiger partial charge in [-0.25, -0.2) is 14.4 Å². The Bertz CT molecular complexity index is 606. The largest absolute Gasteiger partial charge is 0.481 e. The van der Waals surface area contributed by atoms with Crippen LogP contribution < -0.4 is 16.0 Å². The molecule has 0 spiro atoms. The minimum Gasteiger partial charge on any atom is -0.481 e. The highest BCUT2D eigenvalue weighted by atomic mass is 16.4. The average Bonchev–Trinajstić information content (AvgIpc) is 2.62. The second-order valence-electron chi connectivity index (χ2n) is 7.32. The van der Waals surface area contributed by atoms with Crippen molar-refractivity contribution in [3.05, 3.63) is 0 Å².